The number of carbonyl (C=O) groups is 1. The normalized spacial score (nSPS) is 16.7. The van der Waals surface area contributed by atoms with Gasteiger partial charge in [0.1, 0.15) is 5.92 Å². The molecule has 1 aliphatic heterocycles. The lowest BCUT2D eigenvalue weighted by molar-refractivity contribution is -0.115. The van der Waals surface area contributed by atoms with Gasteiger partial charge in [0, 0.05) is 13.7 Å². The van der Waals surface area contributed by atoms with Crippen LogP contribution in [0.4, 0.5) is 5.69 Å². The zero-order valence-electron chi connectivity index (χ0n) is 10.3. The minimum atomic E-state index is -0.539. The van der Waals surface area contributed by atoms with Gasteiger partial charge in [-0.15, -0.1) is 0 Å². The van der Waals surface area contributed by atoms with E-state index in [1.165, 1.54) is 0 Å². The van der Waals surface area contributed by atoms with Gasteiger partial charge < -0.3 is 10.7 Å². The standard InChI is InChI=1S/C15H10BrIN2O/c16-9-3-6-12-11(7-9)13(15(20)19-12)14(18)8-1-4-10(17)5-2-8/h1-7,13,18H,(H,19,20). The van der Waals surface area contributed by atoms with Crippen molar-refractivity contribution < 1.29 is 4.79 Å². The molecule has 3 rings (SSSR count). The largest absolute Gasteiger partial charge is 0.325 e. The summed E-state index contributed by atoms with van der Waals surface area (Å²) in [7, 11) is 0. The molecule has 0 fully saturated rings. The Balaban J connectivity index is 2.02. The summed E-state index contributed by atoms with van der Waals surface area (Å²) in [6.45, 7) is 0. The molecule has 0 radical (unpaired) electrons. The lowest BCUT2D eigenvalue weighted by Crippen LogP contribution is -2.21. The highest BCUT2D eigenvalue weighted by Crippen LogP contribution is 2.36. The average molecular weight is 441 g/mol. The smallest absolute Gasteiger partial charge is 0.238 e. The van der Waals surface area contributed by atoms with Gasteiger partial charge in [0.25, 0.3) is 0 Å². The van der Waals surface area contributed by atoms with E-state index in [2.05, 4.69) is 43.8 Å². The van der Waals surface area contributed by atoms with Crippen molar-refractivity contribution in [3.63, 3.8) is 0 Å². The molecule has 0 saturated carbocycles. The second-order valence-electron chi connectivity index (χ2n) is 4.57. The molecular weight excluding hydrogens is 431 g/mol. The number of anilines is 1. The Kier molecular flexibility index (Phi) is 3.64. The van der Waals surface area contributed by atoms with Crippen LogP contribution >= 0.6 is 38.5 Å². The highest BCUT2D eigenvalue weighted by Gasteiger charge is 2.34. The molecule has 0 aromatic heterocycles. The van der Waals surface area contributed by atoms with Crippen LogP contribution in [0.1, 0.15) is 17.0 Å². The van der Waals surface area contributed by atoms with Crippen LogP contribution in [0.15, 0.2) is 46.9 Å². The maximum Gasteiger partial charge on any atom is 0.238 e. The summed E-state index contributed by atoms with van der Waals surface area (Å²) in [6.07, 6.45) is 0. The first-order valence-corrected chi connectivity index (χ1v) is 7.88. The maximum absolute atomic E-state index is 12.2. The van der Waals surface area contributed by atoms with Crippen molar-refractivity contribution in [2.75, 3.05) is 5.32 Å². The molecule has 1 amide bonds. The van der Waals surface area contributed by atoms with Crippen molar-refractivity contribution in [1.82, 2.24) is 0 Å². The maximum atomic E-state index is 12.2. The molecule has 3 nitrogen and oxygen atoms in total. The third-order valence-electron chi connectivity index (χ3n) is 3.29. The summed E-state index contributed by atoms with van der Waals surface area (Å²) in [6, 6.07) is 13.3. The topological polar surface area (TPSA) is 53.0 Å². The van der Waals surface area contributed by atoms with Crippen molar-refractivity contribution in [3.8, 4) is 0 Å². The first-order valence-electron chi connectivity index (χ1n) is 6.01. The molecule has 2 aromatic carbocycles. The SMILES string of the molecule is N=C(c1ccc(I)cc1)C1C(=O)Nc2ccc(Br)cc21. The zero-order valence-corrected chi connectivity index (χ0v) is 14.0. The highest BCUT2D eigenvalue weighted by atomic mass is 127. The van der Waals surface area contributed by atoms with E-state index >= 15 is 0 Å². The fourth-order valence-corrected chi connectivity index (χ4v) is 3.05. The molecule has 1 unspecified atom stereocenters. The minimum Gasteiger partial charge on any atom is -0.325 e. The quantitative estimate of drug-likeness (QED) is 0.534. The van der Waals surface area contributed by atoms with E-state index in [-0.39, 0.29) is 5.91 Å². The van der Waals surface area contributed by atoms with E-state index in [1.54, 1.807) is 0 Å². The van der Waals surface area contributed by atoms with Crippen molar-refractivity contribution in [2.24, 2.45) is 0 Å². The average Bonchev–Trinajstić information content (AvgIpc) is 2.74. The molecule has 0 bridgehead atoms. The predicted molar refractivity (Wildman–Crippen MR) is 91.5 cm³/mol. The molecule has 2 aromatic rings. The molecule has 1 atom stereocenters. The molecule has 0 saturated heterocycles. The Morgan fingerprint density at radius 2 is 1.90 bits per heavy atom. The van der Waals surface area contributed by atoms with Crippen molar-refractivity contribution in [3.05, 3.63) is 61.6 Å². The Labute approximate surface area is 138 Å². The van der Waals surface area contributed by atoms with Crippen molar-refractivity contribution in [2.45, 2.75) is 5.92 Å². The van der Waals surface area contributed by atoms with E-state index in [0.717, 1.165) is 24.9 Å². The van der Waals surface area contributed by atoms with Crippen LogP contribution in [0.3, 0.4) is 0 Å². The molecule has 0 aliphatic carbocycles. The zero-order chi connectivity index (χ0) is 14.3. The molecular formula is C15H10BrIN2O. The number of nitrogens with one attached hydrogen (secondary N) is 2. The fourth-order valence-electron chi connectivity index (χ4n) is 2.32. The van der Waals surface area contributed by atoms with Gasteiger partial charge >= 0.3 is 0 Å². The van der Waals surface area contributed by atoms with E-state index in [0.29, 0.717) is 5.71 Å². The molecule has 0 spiro atoms. The summed E-state index contributed by atoms with van der Waals surface area (Å²) in [4.78, 5) is 12.2. The van der Waals surface area contributed by atoms with Gasteiger partial charge in [-0.3, -0.25) is 4.79 Å². The monoisotopic (exact) mass is 440 g/mol. The van der Waals surface area contributed by atoms with Crippen LogP contribution in [0, 0.1) is 8.98 Å². The van der Waals surface area contributed by atoms with E-state index in [4.69, 9.17) is 5.41 Å². The fraction of sp³-hybridized carbons (Fsp3) is 0.0667. The minimum absolute atomic E-state index is 0.137. The molecule has 1 heterocycles. The molecule has 1 aliphatic rings. The summed E-state index contributed by atoms with van der Waals surface area (Å²) < 4.78 is 2.02. The number of rotatable bonds is 2. The van der Waals surface area contributed by atoms with Gasteiger partial charge in [-0.05, 0) is 64.0 Å². The summed E-state index contributed by atoms with van der Waals surface area (Å²) in [5.74, 6) is -0.677. The van der Waals surface area contributed by atoms with Crippen LogP contribution in [0.25, 0.3) is 0 Å². The van der Waals surface area contributed by atoms with Crippen LogP contribution < -0.4 is 5.32 Å². The summed E-state index contributed by atoms with van der Waals surface area (Å²) >= 11 is 5.64. The number of amides is 1. The lowest BCUT2D eigenvalue weighted by atomic mass is 9.91. The van der Waals surface area contributed by atoms with Gasteiger partial charge in [-0.25, -0.2) is 0 Å². The first-order chi connectivity index (χ1) is 9.56. The molecule has 100 valence electrons. The third kappa shape index (κ3) is 2.40. The number of fused-ring (bicyclic) bond motifs is 1. The molecule has 5 heteroatoms. The lowest BCUT2D eigenvalue weighted by Gasteiger charge is -2.11. The molecule has 20 heavy (non-hydrogen) atoms. The Morgan fingerprint density at radius 3 is 2.60 bits per heavy atom. The van der Waals surface area contributed by atoms with Gasteiger partial charge in [0.15, 0.2) is 0 Å². The van der Waals surface area contributed by atoms with E-state index in [9.17, 15) is 4.79 Å². The Morgan fingerprint density at radius 1 is 1.20 bits per heavy atom. The van der Waals surface area contributed by atoms with Crippen LogP contribution in [0.2, 0.25) is 0 Å². The van der Waals surface area contributed by atoms with Crippen molar-refractivity contribution in [1.29, 1.82) is 5.41 Å². The predicted octanol–water partition coefficient (Wildman–Crippen LogP) is 4.16. The van der Waals surface area contributed by atoms with E-state index in [1.807, 2.05) is 42.5 Å². The number of hydrogen-bond acceptors (Lipinski definition) is 2. The Bertz CT molecular complexity index is 712. The number of hydrogen-bond donors (Lipinski definition) is 2. The van der Waals surface area contributed by atoms with Crippen molar-refractivity contribution >= 4 is 55.8 Å². The third-order valence-corrected chi connectivity index (χ3v) is 4.50. The number of halogens is 2. The van der Waals surface area contributed by atoms with E-state index < -0.39 is 5.92 Å². The second-order valence-corrected chi connectivity index (χ2v) is 6.74. The van der Waals surface area contributed by atoms with Gasteiger partial charge in [0.05, 0.1) is 5.71 Å². The summed E-state index contributed by atoms with van der Waals surface area (Å²) in [5.41, 5.74) is 2.75. The number of benzene rings is 2. The van der Waals surface area contributed by atoms with Gasteiger partial charge in [-0.2, -0.15) is 0 Å². The first kappa shape index (κ1) is 13.8. The second kappa shape index (κ2) is 5.29. The van der Waals surface area contributed by atoms with Crippen LogP contribution in [0.5, 0.6) is 0 Å². The number of carbonyl (C=O) groups excluding carboxylic acids is 1. The van der Waals surface area contributed by atoms with Crippen LogP contribution in [-0.4, -0.2) is 11.6 Å². The van der Waals surface area contributed by atoms with Crippen LogP contribution in [-0.2, 0) is 4.79 Å². The molecule has 2 N–H and O–H groups in total. The van der Waals surface area contributed by atoms with Gasteiger partial charge in [-0.1, -0.05) is 28.1 Å². The Hall–Kier alpha value is -1.21. The highest BCUT2D eigenvalue weighted by molar-refractivity contribution is 14.1. The summed E-state index contributed by atoms with van der Waals surface area (Å²) in [5, 5.41) is 11.2. The van der Waals surface area contributed by atoms with Gasteiger partial charge in [0.2, 0.25) is 5.91 Å².